The van der Waals surface area contributed by atoms with Crippen molar-refractivity contribution in [3.8, 4) is 0 Å². The van der Waals surface area contributed by atoms with Gasteiger partial charge in [0.1, 0.15) is 4.90 Å². The van der Waals surface area contributed by atoms with Crippen LogP contribution in [0.15, 0.2) is 23.2 Å². The van der Waals surface area contributed by atoms with Gasteiger partial charge in [0.25, 0.3) is 0 Å². The number of hydrogen-bond donors (Lipinski definition) is 0. The smallest absolute Gasteiger partial charge is 0.257 e. The summed E-state index contributed by atoms with van der Waals surface area (Å²) in [4.78, 5) is 1.45. The Labute approximate surface area is 73.3 Å². The SMILES string of the molecule is FS(F)(F)(F)(F)c1ccnc(P)c1. The molecule has 0 N–H and O–H groups in total. The first-order valence-electron chi connectivity index (χ1n) is 2.95. The van der Waals surface area contributed by atoms with Crippen molar-refractivity contribution in [3.05, 3.63) is 18.3 Å². The molecule has 0 radical (unpaired) electrons. The largest absolute Gasteiger partial charge is 0.310 e. The van der Waals surface area contributed by atoms with Gasteiger partial charge in [0.05, 0.1) is 5.44 Å². The summed E-state index contributed by atoms with van der Waals surface area (Å²) in [6, 6.07) is 0.557. The van der Waals surface area contributed by atoms with E-state index < -0.39 is 15.1 Å². The summed E-state index contributed by atoms with van der Waals surface area (Å²) in [6.45, 7) is 0. The monoisotopic (exact) mass is 237 g/mol. The Morgan fingerprint density at radius 3 is 2.00 bits per heavy atom. The highest BCUT2D eigenvalue weighted by Crippen LogP contribution is 3.01. The molecule has 13 heavy (non-hydrogen) atoms. The predicted molar refractivity (Wildman–Crippen MR) is 45.0 cm³/mol. The first kappa shape index (κ1) is 10.7. The minimum atomic E-state index is -9.51. The van der Waals surface area contributed by atoms with Crippen LogP contribution < -0.4 is 5.44 Å². The Hall–Kier alpha value is -0.420. The molecule has 0 amide bonds. The van der Waals surface area contributed by atoms with E-state index in [1.165, 1.54) is 0 Å². The van der Waals surface area contributed by atoms with Crippen molar-refractivity contribution >= 4 is 24.9 Å². The van der Waals surface area contributed by atoms with Crippen molar-refractivity contribution in [2.75, 3.05) is 0 Å². The van der Waals surface area contributed by atoms with E-state index in [0.29, 0.717) is 12.3 Å². The minimum Gasteiger partial charge on any atom is -0.257 e. The molecule has 1 aromatic heterocycles. The van der Waals surface area contributed by atoms with Crippen molar-refractivity contribution < 1.29 is 19.4 Å². The van der Waals surface area contributed by atoms with Gasteiger partial charge in [-0.25, -0.2) is 0 Å². The molecule has 0 aromatic carbocycles. The van der Waals surface area contributed by atoms with Crippen LogP contribution in [0.4, 0.5) is 19.4 Å². The van der Waals surface area contributed by atoms with Gasteiger partial charge in [0.2, 0.25) is 0 Å². The second-order valence-corrected chi connectivity index (χ2v) is 5.39. The maximum atomic E-state index is 12.1. The van der Waals surface area contributed by atoms with Gasteiger partial charge in [-0.05, 0) is 12.1 Å². The number of nitrogens with zero attached hydrogens (tertiary/aromatic N) is 1. The molecular weight excluding hydrogens is 232 g/mol. The summed E-state index contributed by atoms with van der Waals surface area (Å²) in [5, 5.41) is 0. The van der Waals surface area contributed by atoms with Gasteiger partial charge < -0.3 is 0 Å². The van der Waals surface area contributed by atoms with E-state index in [4.69, 9.17) is 0 Å². The average Bonchev–Trinajstić information content (AvgIpc) is 1.82. The lowest BCUT2D eigenvalue weighted by Crippen LogP contribution is -2.09. The van der Waals surface area contributed by atoms with E-state index in [9.17, 15) is 19.4 Å². The lowest BCUT2D eigenvalue weighted by molar-refractivity contribution is 0.364. The second kappa shape index (κ2) is 2.15. The number of rotatable bonds is 1. The number of pyridine rings is 1. The highest BCUT2D eigenvalue weighted by atomic mass is 32.5. The molecule has 0 fully saturated rings. The molecule has 0 saturated carbocycles. The summed E-state index contributed by atoms with van der Waals surface area (Å²) in [6.07, 6.45) is 0.690. The van der Waals surface area contributed by atoms with Gasteiger partial charge in [-0.3, -0.25) is 4.98 Å². The van der Waals surface area contributed by atoms with Crippen molar-refractivity contribution in [2.45, 2.75) is 4.90 Å². The standard InChI is InChI=1S/C5H5F5NPS/c6-13(7,8,9,10)4-1-2-11-5(12)3-4/h1-3H,12H2. The van der Waals surface area contributed by atoms with Gasteiger partial charge in [-0.1, -0.05) is 28.7 Å². The van der Waals surface area contributed by atoms with Crippen LogP contribution >= 0.6 is 19.5 Å². The maximum Gasteiger partial charge on any atom is 0.310 e. The highest BCUT2D eigenvalue weighted by Gasteiger charge is 2.65. The topological polar surface area (TPSA) is 12.9 Å². The fraction of sp³-hybridized carbons (Fsp3) is 0. The first-order valence-corrected chi connectivity index (χ1v) is 5.47. The van der Waals surface area contributed by atoms with Gasteiger partial charge in [0, 0.05) is 6.20 Å². The zero-order valence-corrected chi connectivity index (χ0v) is 8.03. The molecule has 1 unspecified atom stereocenters. The van der Waals surface area contributed by atoms with Gasteiger partial charge >= 0.3 is 10.2 Å². The molecule has 0 bridgehead atoms. The fourth-order valence-corrected chi connectivity index (χ4v) is 1.72. The Kier molecular flexibility index (Phi) is 1.76. The van der Waals surface area contributed by atoms with Crippen molar-refractivity contribution in [2.24, 2.45) is 0 Å². The van der Waals surface area contributed by atoms with Crippen LogP contribution in [0, 0.1) is 0 Å². The number of halogens is 5. The molecule has 8 heteroatoms. The third-order valence-electron chi connectivity index (χ3n) is 1.20. The predicted octanol–water partition coefficient (Wildman–Crippen LogP) is 3.24. The average molecular weight is 237 g/mol. The van der Waals surface area contributed by atoms with Crippen LogP contribution in [0.1, 0.15) is 0 Å². The Balaban J connectivity index is 3.41. The summed E-state index contributed by atoms with van der Waals surface area (Å²) < 4.78 is 60.5. The quantitative estimate of drug-likeness (QED) is 0.539. The van der Waals surface area contributed by atoms with Crippen LogP contribution in [-0.4, -0.2) is 4.98 Å². The zero-order chi connectivity index (χ0) is 10.4. The molecule has 0 saturated heterocycles. The van der Waals surface area contributed by atoms with Crippen LogP contribution in [0.3, 0.4) is 0 Å². The molecule has 76 valence electrons. The minimum absolute atomic E-state index is 0.175. The molecule has 1 rings (SSSR count). The molecule has 0 aliphatic rings. The van der Waals surface area contributed by atoms with E-state index in [1.54, 1.807) is 0 Å². The summed E-state index contributed by atoms with van der Waals surface area (Å²) in [5.41, 5.74) is -0.175. The summed E-state index contributed by atoms with van der Waals surface area (Å²) in [7, 11) is -7.69. The molecule has 1 aromatic rings. The van der Waals surface area contributed by atoms with Crippen LogP contribution in [0.2, 0.25) is 0 Å². The Bertz CT molecular complexity index is 346. The van der Waals surface area contributed by atoms with Crippen LogP contribution in [0.5, 0.6) is 0 Å². The Morgan fingerprint density at radius 2 is 1.69 bits per heavy atom. The summed E-state index contributed by atoms with van der Waals surface area (Å²) in [5.74, 6) is 0. The number of aromatic nitrogens is 1. The van der Waals surface area contributed by atoms with Gasteiger partial charge in [0.15, 0.2) is 0 Å². The van der Waals surface area contributed by atoms with Gasteiger partial charge in [-0.15, -0.1) is 0 Å². The maximum absolute atomic E-state index is 12.1. The molecular formula is C5H5F5NPS. The fourth-order valence-electron chi connectivity index (χ4n) is 0.668. The van der Waals surface area contributed by atoms with Crippen molar-refractivity contribution in [3.63, 3.8) is 0 Å². The first-order chi connectivity index (χ1) is 5.49. The third kappa shape index (κ3) is 2.77. The molecule has 0 aliphatic heterocycles. The van der Waals surface area contributed by atoms with E-state index in [0.717, 1.165) is 0 Å². The number of hydrogen-bond acceptors (Lipinski definition) is 1. The zero-order valence-electron chi connectivity index (χ0n) is 6.05. The van der Waals surface area contributed by atoms with E-state index in [1.807, 2.05) is 9.24 Å². The van der Waals surface area contributed by atoms with Crippen LogP contribution in [0.25, 0.3) is 0 Å². The molecule has 0 spiro atoms. The van der Waals surface area contributed by atoms with E-state index >= 15 is 0 Å². The lowest BCUT2D eigenvalue weighted by atomic mass is 10.5. The van der Waals surface area contributed by atoms with E-state index in [2.05, 4.69) is 4.98 Å². The van der Waals surface area contributed by atoms with Crippen LogP contribution in [-0.2, 0) is 0 Å². The van der Waals surface area contributed by atoms with Crippen molar-refractivity contribution in [1.29, 1.82) is 0 Å². The summed E-state index contributed by atoms with van der Waals surface area (Å²) >= 11 is 0. The lowest BCUT2D eigenvalue weighted by Gasteiger charge is -2.40. The molecule has 1 nitrogen and oxygen atoms in total. The normalized spacial score (nSPS) is 17.7. The van der Waals surface area contributed by atoms with Gasteiger partial charge in [-0.2, -0.15) is 0 Å². The molecule has 1 atom stereocenters. The second-order valence-electron chi connectivity index (χ2n) is 2.39. The molecule has 0 aliphatic carbocycles. The molecule has 1 heterocycles. The van der Waals surface area contributed by atoms with E-state index in [-0.39, 0.29) is 11.5 Å². The third-order valence-corrected chi connectivity index (χ3v) is 2.66. The van der Waals surface area contributed by atoms with Crippen molar-refractivity contribution in [1.82, 2.24) is 4.98 Å². The highest BCUT2D eigenvalue weighted by molar-refractivity contribution is 8.45. The Morgan fingerprint density at radius 1 is 1.15 bits per heavy atom.